The molecule has 3 rings (SSSR count). The highest BCUT2D eigenvalue weighted by atomic mass is 35.5. The van der Waals surface area contributed by atoms with Crippen molar-refractivity contribution in [2.75, 3.05) is 26.2 Å². The van der Waals surface area contributed by atoms with Crippen molar-refractivity contribution in [3.63, 3.8) is 0 Å². The molecule has 26 heavy (non-hydrogen) atoms. The lowest BCUT2D eigenvalue weighted by Crippen LogP contribution is -2.46. The Kier molecular flexibility index (Phi) is 7.11. The van der Waals surface area contributed by atoms with Gasteiger partial charge >= 0.3 is 0 Å². The summed E-state index contributed by atoms with van der Waals surface area (Å²) in [5.74, 6) is 0.197. The van der Waals surface area contributed by atoms with Gasteiger partial charge in [-0.05, 0) is 25.0 Å². The first kappa shape index (κ1) is 19.9. The summed E-state index contributed by atoms with van der Waals surface area (Å²) in [5, 5.41) is 6.57. The van der Waals surface area contributed by atoms with Crippen molar-refractivity contribution in [2.24, 2.45) is 11.7 Å². The van der Waals surface area contributed by atoms with Crippen molar-refractivity contribution in [3.05, 3.63) is 36.2 Å². The zero-order valence-electron chi connectivity index (χ0n) is 14.3. The molecule has 1 aromatic carbocycles. The Balaban J connectivity index is 0.00000243. The number of carbonyl (C=O) groups is 2. The summed E-state index contributed by atoms with van der Waals surface area (Å²) < 4.78 is 4.72. The number of hydrogen-bond acceptors (Lipinski definition) is 6. The van der Waals surface area contributed by atoms with Crippen molar-refractivity contribution < 1.29 is 14.1 Å². The lowest BCUT2D eigenvalue weighted by molar-refractivity contribution is -0.126. The van der Waals surface area contributed by atoms with Gasteiger partial charge in [-0.15, -0.1) is 12.4 Å². The Morgan fingerprint density at radius 1 is 1.31 bits per heavy atom. The molecule has 2 heterocycles. The van der Waals surface area contributed by atoms with Crippen LogP contribution in [0, 0.1) is 5.92 Å². The summed E-state index contributed by atoms with van der Waals surface area (Å²) in [6.07, 6.45) is 2.86. The van der Waals surface area contributed by atoms with Gasteiger partial charge in [0, 0.05) is 37.3 Å². The van der Waals surface area contributed by atoms with E-state index in [9.17, 15) is 9.59 Å². The molecule has 1 atom stereocenters. The first-order chi connectivity index (χ1) is 12.2. The highest BCUT2D eigenvalue weighted by molar-refractivity contribution is 5.95. The molecule has 3 N–H and O–H groups in total. The molecule has 0 spiro atoms. The van der Waals surface area contributed by atoms with Gasteiger partial charge in [-0.3, -0.25) is 9.59 Å². The van der Waals surface area contributed by atoms with Crippen molar-refractivity contribution in [1.29, 1.82) is 0 Å². The van der Waals surface area contributed by atoms with Crippen molar-refractivity contribution in [3.8, 4) is 11.4 Å². The van der Waals surface area contributed by atoms with Crippen LogP contribution in [0.15, 0.2) is 35.2 Å². The Morgan fingerprint density at radius 3 is 2.73 bits per heavy atom. The van der Waals surface area contributed by atoms with E-state index in [2.05, 4.69) is 15.5 Å². The summed E-state index contributed by atoms with van der Waals surface area (Å²) in [7, 11) is 0. The van der Waals surface area contributed by atoms with Gasteiger partial charge in [-0.25, -0.2) is 0 Å². The molecule has 1 aromatic heterocycles. The van der Waals surface area contributed by atoms with E-state index in [1.54, 1.807) is 29.2 Å². The molecule has 1 aliphatic rings. The normalized spacial score (nSPS) is 16.7. The fourth-order valence-corrected chi connectivity index (χ4v) is 2.96. The fraction of sp³-hybridized carbons (Fsp3) is 0.412. The van der Waals surface area contributed by atoms with Crippen LogP contribution in [0.2, 0.25) is 0 Å². The number of piperidine rings is 1. The first-order valence-corrected chi connectivity index (χ1v) is 8.33. The number of carbonyl (C=O) groups excluding carboxylic acids is 2. The number of aromatic nitrogens is 2. The maximum absolute atomic E-state index is 12.7. The highest BCUT2D eigenvalue weighted by Gasteiger charge is 2.28. The third kappa shape index (κ3) is 4.59. The van der Waals surface area contributed by atoms with E-state index < -0.39 is 0 Å². The number of halogens is 1. The number of benzene rings is 1. The Labute approximate surface area is 157 Å². The molecule has 9 heteroatoms. The molecule has 0 bridgehead atoms. The molecule has 140 valence electrons. The van der Waals surface area contributed by atoms with Gasteiger partial charge in [0.2, 0.25) is 18.1 Å². The first-order valence-electron chi connectivity index (χ1n) is 8.33. The van der Waals surface area contributed by atoms with Gasteiger partial charge in [0.05, 0.1) is 5.92 Å². The maximum atomic E-state index is 12.7. The summed E-state index contributed by atoms with van der Waals surface area (Å²) >= 11 is 0. The molecule has 2 amide bonds. The molecule has 1 unspecified atom stereocenters. The van der Waals surface area contributed by atoms with Gasteiger partial charge in [0.15, 0.2) is 0 Å². The second kappa shape index (κ2) is 9.30. The lowest BCUT2D eigenvalue weighted by Gasteiger charge is -2.32. The second-order valence-electron chi connectivity index (χ2n) is 6.00. The fourth-order valence-electron chi connectivity index (χ4n) is 2.96. The molecule has 2 aromatic rings. The van der Waals surface area contributed by atoms with Crippen LogP contribution in [-0.4, -0.2) is 53.0 Å². The SMILES string of the molecule is Cl.NCCNC(=O)C1CCCN(C(=O)c2ccc(-c3ncon3)cc2)C1. The minimum absolute atomic E-state index is 0. The molecular weight excluding hydrogens is 358 g/mol. The van der Waals surface area contributed by atoms with Gasteiger partial charge in [-0.2, -0.15) is 4.98 Å². The van der Waals surface area contributed by atoms with Gasteiger partial charge in [0.25, 0.3) is 5.91 Å². The Hall–Kier alpha value is -2.45. The molecule has 0 radical (unpaired) electrons. The smallest absolute Gasteiger partial charge is 0.253 e. The van der Waals surface area contributed by atoms with Crippen LogP contribution in [0.1, 0.15) is 23.2 Å². The summed E-state index contributed by atoms with van der Waals surface area (Å²) in [6, 6.07) is 7.05. The van der Waals surface area contributed by atoms with Crippen LogP contribution in [0.25, 0.3) is 11.4 Å². The van der Waals surface area contributed by atoms with Gasteiger partial charge < -0.3 is 20.5 Å². The average molecular weight is 380 g/mol. The number of rotatable bonds is 5. The monoisotopic (exact) mass is 379 g/mol. The minimum Gasteiger partial charge on any atom is -0.355 e. The van der Waals surface area contributed by atoms with E-state index in [0.29, 0.717) is 37.6 Å². The zero-order valence-corrected chi connectivity index (χ0v) is 15.1. The van der Waals surface area contributed by atoms with E-state index in [0.717, 1.165) is 18.4 Å². The van der Waals surface area contributed by atoms with Gasteiger partial charge in [-0.1, -0.05) is 17.3 Å². The third-order valence-electron chi connectivity index (χ3n) is 4.27. The maximum Gasteiger partial charge on any atom is 0.253 e. The summed E-state index contributed by atoms with van der Waals surface area (Å²) in [6.45, 7) is 1.96. The third-order valence-corrected chi connectivity index (χ3v) is 4.27. The van der Waals surface area contributed by atoms with E-state index in [1.807, 2.05) is 0 Å². The van der Waals surface area contributed by atoms with Crippen LogP contribution in [0.4, 0.5) is 0 Å². The largest absolute Gasteiger partial charge is 0.355 e. The lowest BCUT2D eigenvalue weighted by atomic mass is 9.96. The topological polar surface area (TPSA) is 114 Å². The van der Waals surface area contributed by atoms with Crippen LogP contribution in [0.5, 0.6) is 0 Å². The molecule has 1 saturated heterocycles. The van der Waals surface area contributed by atoms with E-state index in [-0.39, 0.29) is 30.1 Å². The van der Waals surface area contributed by atoms with Crippen molar-refractivity contribution in [2.45, 2.75) is 12.8 Å². The van der Waals surface area contributed by atoms with Gasteiger partial charge in [0.1, 0.15) is 0 Å². The van der Waals surface area contributed by atoms with Crippen LogP contribution < -0.4 is 11.1 Å². The number of hydrogen-bond donors (Lipinski definition) is 2. The minimum atomic E-state index is -0.178. The van der Waals surface area contributed by atoms with Crippen LogP contribution in [-0.2, 0) is 4.79 Å². The number of nitrogens with zero attached hydrogens (tertiary/aromatic N) is 3. The second-order valence-corrected chi connectivity index (χ2v) is 6.00. The Bertz CT molecular complexity index is 721. The predicted octanol–water partition coefficient (Wildman–Crippen LogP) is 1.09. The number of likely N-dealkylation sites (tertiary alicyclic amines) is 1. The highest BCUT2D eigenvalue weighted by Crippen LogP contribution is 2.20. The molecule has 1 aliphatic heterocycles. The molecular formula is C17H22ClN5O3. The van der Waals surface area contributed by atoms with E-state index in [1.165, 1.54) is 6.39 Å². The predicted molar refractivity (Wildman–Crippen MR) is 97.7 cm³/mol. The number of amides is 2. The number of nitrogens with two attached hydrogens (primary N) is 1. The van der Waals surface area contributed by atoms with Crippen molar-refractivity contribution in [1.82, 2.24) is 20.4 Å². The van der Waals surface area contributed by atoms with Crippen molar-refractivity contribution >= 4 is 24.2 Å². The molecule has 1 fully saturated rings. The summed E-state index contributed by atoms with van der Waals surface area (Å²) in [4.78, 5) is 30.5. The van der Waals surface area contributed by atoms with E-state index in [4.69, 9.17) is 10.3 Å². The average Bonchev–Trinajstić information content (AvgIpc) is 3.20. The van der Waals surface area contributed by atoms with Crippen LogP contribution >= 0.6 is 12.4 Å². The molecule has 0 aliphatic carbocycles. The quantitative estimate of drug-likeness (QED) is 0.803. The molecule has 0 saturated carbocycles. The molecule has 8 nitrogen and oxygen atoms in total. The summed E-state index contributed by atoms with van der Waals surface area (Å²) in [5.41, 5.74) is 6.77. The van der Waals surface area contributed by atoms with E-state index >= 15 is 0 Å². The zero-order chi connectivity index (χ0) is 17.6. The Morgan fingerprint density at radius 2 is 2.08 bits per heavy atom. The number of nitrogens with one attached hydrogen (secondary N) is 1. The van der Waals surface area contributed by atoms with Crippen LogP contribution in [0.3, 0.4) is 0 Å². The standard InChI is InChI=1S/C17H21N5O3.ClH/c18-7-8-19-16(23)14-2-1-9-22(10-14)17(24)13-5-3-12(4-6-13)15-20-11-25-21-15;/h3-6,11,14H,1-2,7-10,18H2,(H,19,23);1H.